The van der Waals surface area contributed by atoms with Gasteiger partial charge in [0.15, 0.2) is 6.61 Å². The van der Waals surface area contributed by atoms with Crippen LogP contribution in [0.2, 0.25) is 0 Å². The van der Waals surface area contributed by atoms with Crippen molar-refractivity contribution < 1.29 is 14.3 Å². The standard InChI is InChI=1S/C12H20N2O3.2C2H6/c1-3-13-6-10-4-5-14(11(10)7-13)12(16)8-17-9(2)15;2*1-2/h10-11H,3-8H2,1-2H3;2*1-2H3. The second-order valence-corrected chi connectivity index (χ2v) is 4.84. The van der Waals surface area contributed by atoms with Crippen molar-refractivity contribution in [2.75, 3.05) is 32.8 Å². The fourth-order valence-corrected chi connectivity index (χ4v) is 2.86. The molecular formula is C16H32N2O3. The molecule has 2 saturated heterocycles. The first-order chi connectivity index (χ1) is 10.1. The molecule has 1 amide bonds. The summed E-state index contributed by atoms with van der Waals surface area (Å²) >= 11 is 0. The first kappa shape index (κ1) is 19.9. The number of hydrogen-bond acceptors (Lipinski definition) is 4. The molecule has 21 heavy (non-hydrogen) atoms. The van der Waals surface area contributed by atoms with Gasteiger partial charge in [-0.1, -0.05) is 34.6 Å². The van der Waals surface area contributed by atoms with E-state index in [1.807, 2.05) is 32.6 Å². The van der Waals surface area contributed by atoms with Crippen molar-refractivity contribution in [2.45, 2.75) is 54.0 Å². The van der Waals surface area contributed by atoms with Gasteiger partial charge >= 0.3 is 5.97 Å². The van der Waals surface area contributed by atoms with E-state index in [-0.39, 0.29) is 12.5 Å². The maximum Gasteiger partial charge on any atom is 0.303 e. The van der Waals surface area contributed by atoms with Crippen molar-refractivity contribution in [3.05, 3.63) is 0 Å². The summed E-state index contributed by atoms with van der Waals surface area (Å²) in [5.74, 6) is 0.164. The van der Waals surface area contributed by atoms with Gasteiger partial charge in [0.1, 0.15) is 0 Å². The van der Waals surface area contributed by atoms with E-state index in [1.54, 1.807) is 0 Å². The van der Waals surface area contributed by atoms with E-state index in [0.29, 0.717) is 12.0 Å². The lowest BCUT2D eigenvalue weighted by Gasteiger charge is -2.24. The third kappa shape index (κ3) is 5.65. The zero-order valence-electron chi connectivity index (χ0n) is 14.5. The van der Waals surface area contributed by atoms with Gasteiger partial charge in [0.05, 0.1) is 0 Å². The summed E-state index contributed by atoms with van der Waals surface area (Å²) in [6, 6.07) is 0.331. The first-order valence-corrected chi connectivity index (χ1v) is 8.27. The van der Waals surface area contributed by atoms with Crippen LogP contribution in [0, 0.1) is 5.92 Å². The van der Waals surface area contributed by atoms with Gasteiger partial charge in [0.25, 0.3) is 5.91 Å². The lowest BCUT2D eigenvalue weighted by Crippen LogP contribution is -2.41. The Hall–Kier alpha value is -1.10. The van der Waals surface area contributed by atoms with Gasteiger partial charge in [-0.25, -0.2) is 0 Å². The van der Waals surface area contributed by atoms with E-state index in [0.717, 1.165) is 32.6 Å². The summed E-state index contributed by atoms with van der Waals surface area (Å²) in [5, 5.41) is 0. The molecular weight excluding hydrogens is 268 g/mol. The largest absolute Gasteiger partial charge is 0.456 e. The average molecular weight is 300 g/mol. The number of fused-ring (bicyclic) bond motifs is 1. The van der Waals surface area contributed by atoms with E-state index in [9.17, 15) is 9.59 Å². The normalized spacial score (nSPS) is 23.4. The molecule has 2 heterocycles. The van der Waals surface area contributed by atoms with Crippen LogP contribution in [-0.2, 0) is 14.3 Å². The molecule has 0 aromatic carbocycles. The molecule has 0 bridgehead atoms. The fourth-order valence-electron chi connectivity index (χ4n) is 2.86. The van der Waals surface area contributed by atoms with Crippen LogP contribution in [-0.4, -0.2) is 60.5 Å². The molecule has 0 aromatic rings. The van der Waals surface area contributed by atoms with Gasteiger partial charge in [-0.05, 0) is 18.9 Å². The molecule has 5 nitrogen and oxygen atoms in total. The Morgan fingerprint density at radius 1 is 1.14 bits per heavy atom. The number of hydrogen-bond donors (Lipinski definition) is 0. The van der Waals surface area contributed by atoms with Crippen molar-refractivity contribution in [3.8, 4) is 0 Å². The highest BCUT2D eigenvalue weighted by atomic mass is 16.5. The Bertz CT molecular complexity index is 321. The topological polar surface area (TPSA) is 49.9 Å². The number of ether oxygens (including phenoxy) is 1. The van der Waals surface area contributed by atoms with Crippen molar-refractivity contribution in [1.29, 1.82) is 0 Å². The molecule has 0 N–H and O–H groups in total. The molecule has 2 unspecified atom stereocenters. The Morgan fingerprint density at radius 3 is 2.29 bits per heavy atom. The number of nitrogens with zero attached hydrogens (tertiary/aromatic N) is 2. The second kappa shape index (κ2) is 10.6. The summed E-state index contributed by atoms with van der Waals surface area (Å²) in [4.78, 5) is 26.9. The van der Waals surface area contributed by atoms with E-state index >= 15 is 0 Å². The van der Waals surface area contributed by atoms with Crippen LogP contribution >= 0.6 is 0 Å². The molecule has 2 atom stereocenters. The lowest BCUT2D eigenvalue weighted by atomic mass is 10.1. The zero-order valence-corrected chi connectivity index (χ0v) is 14.5. The SMILES string of the molecule is CC.CC.CCN1CC2CCN(C(=O)COC(C)=O)C2C1. The third-order valence-electron chi connectivity index (χ3n) is 3.79. The molecule has 2 rings (SSSR count). The Morgan fingerprint density at radius 2 is 1.76 bits per heavy atom. The summed E-state index contributed by atoms with van der Waals surface area (Å²) in [5.41, 5.74) is 0. The summed E-state index contributed by atoms with van der Waals surface area (Å²) in [6.45, 7) is 15.3. The van der Waals surface area contributed by atoms with Gasteiger partial charge < -0.3 is 14.5 Å². The average Bonchev–Trinajstić information content (AvgIpc) is 3.08. The second-order valence-electron chi connectivity index (χ2n) is 4.84. The number of likely N-dealkylation sites (N-methyl/N-ethyl adjacent to an activating group) is 1. The number of carbonyl (C=O) groups is 2. The van der Waals surface area contributed by atoms with Crippen LogP contribution in [0.1, 0.15) is 48.0 Å². The van der Waals surface area contributed by atoms with Crippen LogP contribution in [0.4, 0.5) is 0 Å². The minimum absolute atomic E-state index is 0.0503. The molecule has 0 aliphatic carbocycles. The molecule has 0 spiro atoms. The number of carbonyl (C=O) groups excluding carboxylic acids is 2. The van der Waals surface area contributed by atoms with Crippen LogP contribution in [0.5, 0.6) is 0 Å². The summed E-state index contributed by atoms with van der Waals surface area (Å²) in [6.07, 6.45) is 1.08. The quantitative estimate of drug-likeness (QED) is 0.749. The minimum Gasteiger partial charge on any atom is -0.456 e. The molecule has 0 radical (unpaired) electrons. The molecule has 124 valence electrons. The van der Waals surface area contributed by atoms with Gasteiger partial charge in [-0.3, -0.25) is 9.59 Å². The highest BCUT2D eigenvalue weighted by molar-refractivity contribution is 5.80. The summed E-state index contributed by atoms with van der Waals surface area (Å²) < 4.78 is 4.77. The summed E-state index contributed by atoms with van der Waals surface area (Å²) in [7, 11) is 0. The number of amides is 1. The highest BCUT2D eigenvalue weighted by Gasteiger charge is 2.42. The van der Waals surface area contributed by atoms with Crippen molar-refractivity contribution in [2.24, 2.45) is 5.92 Å². The van der Waals surface area contributed by atoms with Gasteiger partial charge in [0.2, 0.25) is 0 Å². The Labute approximate surface area is 129 Å². The van der Waals surface area contributed by atoms with Crippen molar-refractivity contribution in [1.82, 2.24) is 9.80 Å². The maximum atomic E-state index is 11.9. The van der Waals surface area contributed by atoms with E-state index < -0.39 is 5.97 Å². The van der Waals surface area contributed by atoms with Gasteiger partial charge in [-0.15, -0.1) is 0 Å². The molecule has 2 aliphatic heterocycles. The minimum atomic E-state index is -0.393. The zero-order chi connectivity index (χ0) is 16.4. The molecule has 2 fully saturated rings. The fraction of sp³-hybridized carbons (Fsp3) is 0.875. The van der Waals surface area contributed by atoms with Crippen molar-refractivity contribution >= 4 is 11.9 Å². The van der Waals surface area contributed by atoms with Crippen LogP contribution in [0.15, 0.2) is 0 Å². The predicted octanol–water partition coefficient (Wildman–Crippen LogP) is 2.15. The van der Waals surface area contributed by atoms with E-state index in [4.69, 9.17) is 4.74 Å². The van der Waals surface area contributed by atoms with Crippen LogP contribution < -0.4 is 0 Å². The maximum absolute atomic E-state index is 11.9. The monoisotopic (exact) mass is 300 g/mol. The Balaban J connectivity index is 0.000000921. The number of esters is 1. The smallest absolute Gasteiger partial charge is 0.303 e. The van der Waals surface area contributed by atoms with E-state index in [1.165, 1.54) is 6.92 Å². The van der Waals surface area contributed by atoms with Gasteiger partial charge in [0, 0.05) is 32.6 Å². The third-order valence-corrected chi connectivity index (χ3v) is 3.79. The van der Waals surface area contributed by atoms with Crippen molar-refractivity contribution in [3.63, 3.8) is 0 Å². The molecule has 0 saturated carbocycles. The number of rotatable bonds is 3. The molecule has 2 aliphatic rings. The van der Waals surface area contributed by atoms with Crippen LogP contribution in [0.25, 0.3) is 0 Å². The predicted molar refractivity (Wildman–Crippen MR) is 85.1 cm³/mol. The molecule has 5 heteroatoms. The Kier molecular flexibility index (Phi) is 10.0. The first-order valence-electron chi connectivity index (χ1n) is 8.27. The van der Waals surface area contributed by atoms with Gasteiger partial charge in [-0.2, -0.15) is 0 Å². The van der Waals surface area contributed by atoms with E-state index in [2.05, 4.69) is 11.8 Å². The number of likely N-dealkylation sites (tertiary alicyclic amines) is 2. The lowest BCUT2D eigenvalue weighted by molar-refractivity contribution is -0.150. The highest BCUT2D eigenvalue weighted by Crippen LogP contribution is 2.31. The molecule has 0 aromatic heterocycles. The van der Waals surface area contributed by atoms with Crippen LogP contribution in [0.3, 0.4) is 0 Å².